The highest BCUT2D eigenvalue weighted by Gasteiger charge is 2.17. The van der Waals surface area contributed by atoms with Crippen LogP contribution in [0, 0.1) is 29.4 Å². The molecule has 0 amide bonds. The molecule has 1 aromatic rings. The molecule has 0 aromatic heterocycles. The van der Waals surface area contributed by atoms with Crippen LogP contribution in [0.5, 0.6) is 0 Å². The molecule has 0 N–H and O–H groups in total. The molecular weight excluding hydrogens is 170 g/mol. The lowest BCUT2D eigenvalue weighted by molar-refractivity contribution is 0.582. The Morgan fingerprint density at radius 1 is 1.08 bits per heavy atom. The van der Waals surface area contributed by atoms with Gasteiger partial charge in [0.25, 0.3) is 0 Å². The Bertz CT molecular complexity index is 361. The summed E-state index contributed by atoms with van der Waals surface area (Å²) in [6.45, 7) is 0. The van der Waals surface area contributed by atoms with E-state index in [0.717, 1.165) is 18.9 Å². The highest BCUT2D eigenvalue weighted by Crippen LogP contribution is 2.27. The Kier molecular flexibility index (Phi) is 2.02. The number of halogens is 2. The second-order valence-corrected chi connectivity index (χ2v) is 3.20. The van der Waals surface area contributed by atoms with E-state index in [-0.39, 0.29) is 0 Å². The topological polar surface area (TPSA) is 0 Å². The fourth-order valence-corrected chi connectivity index (χ4v) is 1.04. The van der Waals surface area contributed by atoms with Crippen LogP contribution >= 0.6 is 0 Å². The molecule has 1 aromatic carbocycles. The molecule has 0 unspecified atom stereocenters. The van der Waals surface area contributed by atoms with Crippen LogP contribution in [0.3, 0.4) is 0 Å². The van der Waals surface area contributed by atoms with Gasteiger partial charge in [-0.2, -0.15) is 0 Å². The van der Waals surface area contributed by atoms with E-state index in [2.05, 4.69) is 11.8 Å². The first kappa shape index (κ1) is 8.25. The zero-order chi connectivity index (χ0) is 9.26. The lowest BCUT2D eigenvalue weighted by Crippen LogP contribution is -1.82. The summed E-state index contributed by atoms with van der Waals surface area (Å²) in [7, 11) is 0. The van der Waals surface area contributed by atoms with Crippen molar-refractivity contribution in [1.29, 1.82) is 0 Å². The van der Waals surface area contributed by atoms with Gasteiger partial charge in [0.1, 0.15) is 11.6 Å². The molecule has 0 atom stereocenters. The average Bonchev–Trinajstić information content (AvgIpc) is 2.81. The molecule has 1 saturated carbocycles. The van der Waals surface area contributed by atoms with Gasteiger partial charge in [0.15, 0.2) is 0 Å². The summed E-state index contributed by atoms with van der Waals surface area (Å²) in [4.78, 5) is 0. The van der Waals surface area contributed by atoms with Crippen LogP contribution in [0.25, 0.3) is 0 Å². The van der Waals surface area contributed by atoms with Gasteiger partial charge in [-0.15, -0.1) is 0 Å². The summed E-state index contributed by atoms with van der Waals surface area (Å²) < 4.78 is 25.3. The largest absolute Gasteiger partial charge is 0.207 e. The summed E-state index contributed by atoms with van der Waals surface area (Å²) in [5, 5.41) is 0. The van der Waals surface area contributed by atoms with Crippen LogP contribution in [-0.4, -0.2) is 0 Å². The SMILES string of the molecule is Fc1cc(F)cc(C#CC2CC2)c1. The summed E-state index contributed by atoms with van der Waals surface area (Å²) >= 11 is 0. The van der Waals surface area contributed by atoms with Crippen molar-refractivity contribution in [2.24, 2.45) is 5.92 Å². The molecule has 0 heterocycles. The molecule has 1 aliphatic rings. The molecule has 2 heteroatoms. The first-order valence-electron chi connectivity index (χ1n) is 4.22. The third kappa shape index (κ3) is 2.29. The molecule has 13 heavy (non-hydrogen) atoms. The molecule has 0 spiro atoms. The van der Waals surface area contributed by atoms with Gasteiger partial charge in [-0.05, 0) is 25.0 Å². The van der Waals surface area contributed by atoms with E-state index in [4.69, 9.17) is 0 Å². The van der Waals surface area contributed by atoms with E-state index in [9.17, 15) is 8.78 Å². The predicted octanol–water partition coefficient (Wildman–Crippen LogP) is 2.73. The predicted molar refractivity (Wildman–Crippen MR) is 46.0 cm³/mol. The smallest absolute Gasteiger partial charge is 0.127 e. The highest BCUT2D eigenvalue weighted by atomic mass is 19.1. The standard InChI is InChI=1S/C11H8F2/c12-10-5-9(6-11(13)7-10)4-3-8-1-2-8/h5-8H,1-2H2. The Balaban J connectivity index is 2.25. The van der Waals surface area contributed by atoms with E-state index in [1.165, 1.54) is 12.1 Å². The lowest BCUT2D eigenvalue weighted by Gasteiger charge is -1.91. The molecule has 0 nitrogen and oxygen atoms in total. The van der Waals surface area contributed by atoms with Crippen molar-refractivity contribution in [2.75, 3.05) is 0 Å². The zero-order valence-corrected chi connectivity index (χ0v) is 6.98. The Labute approximate surface area is 75.6 Å². The van der Waals surface area contributed by atoms with E-state index in [1.54, 1.807) is 0 Å². The molecule has 0 aliphatic heterocycles. The minimum Gasteiger partial charge on any atom is -0.207 e. The van der Waals surface area contributed by atoms with Crippen LogP contribution in [0.15, 0.2) is 18.2 Å². The van der Waals surface area contributed by atoms with Crippen molar-refractivity contribution in [1.82, 2.24) is 0 Å². The third-order valence-electron chi connectivity index (χ3n) is 1.86. The minimum absolute atomic E-state index is 0.421. The van der Waals surface area contributed by atoms with Crippen LogP contribution in [0.1, 0.15) is 18.4 Å². The molecule has 2 rings (SSSR count). The van der Waals surface area contributed by atoms with Crippen molar-refractivity contribution in [2.45, 2.75) is 12.8 Å². The number of benzene rings is 1. The Hall–Kier alpha value is -1.36. The van der Waals surface area contributed by atoms with Gasteiger partial charge < -0.3 is 0 Å². The van der Waals surface area contributed by atoms with Gasteiger partial charge in [0, 0.05) is 17.5 Å². The number of hydrogen-bond acceptors (Lipinski definition) is 0. The van der Waals surface area contributed by atoms with Gasteiger partial charge in [-0.1, -0.05) is 11.8 Å². The maximum atomic E-state index is 12.7. The van der Waals surface area contributed by atoms with Crippen molar-refractivity contribution >= 4 is 0 Å². The summed E-state index contributed by atoms with van der Waals surface area (Å²) in [5.74, 6) is 5.01. The van der Waals surface area contributed by atoms with E-state index < -0.39 is 11.6 Å². The fourth-order valence-electron chi connectivity index (χ4n) is 1.04. The maximum absolute atomic E-state index is 12.7. The molecule has 0 saturated heterocycles. The maximum Gasteiger partial charge on any atom is 0.127 e. The average molecular weight is 178 g/mol. The van der Waals surface area contributed by atoms with Gasteiger partial charge in [0.05, 0.1) is 0 Å². The molecule has 1 aliphatic carbocycles. The summed E-state index contributed by atoms with van der Waals surface area (Å²) in [5.41, 5.74) is 0.421. The van der Waals surface area contributed by atoms with Gasteiger partial charge >= 0.3 is 0 Å². The van der Waals surface area contributed by atoms with Gasteiger partial charge in [-0.3, -0.25) is 0 Å². The van der Waals surface area contributed by atoms with Crippen LogP contribution < -0.4 is 0 Å². The van der Waals surface area contributed by atoms with Crippen molar-refractivity contribution in [3.05, 3.63) is 35.4 Å². The number of hydrogen-bond donors (Lipinski definition) is 0. The summed E-state index contributed by atoms with van der Waals surface area (Å²) in [6.07, 6.45) is 2.23. The fraction of sp³-hybridized carbons (Fsp3) is 0.273. The summed E-state index contributed by atoms with van der Waals surface area (Å²) in [6, 6.07) is 3.35. The van der Waals surface area contributed by atoms with Gasteiger partial charge in [0.2, 0.25) is 0 Å². The third-order valence-corrected chi connectivity index (χ3v) is 1.86. The van der Waals surface area contributed by atoms with Crippen LogP contribution in [0.4, 0.5) is 8.78 Å². The molecular formula is C11H8F2. The minimum atomic E-state index is -0.569. The first-order valence-corrected chi connectivity index (χ1v) is 4.22. The highest BCUT2D eigenvalue weighted by molar-refractivity contribution is 5.35. The first-order chi connectivity index (χ1) is 6.24. The Morgan fingerprint density at radius 3 is 2.23 bits per heavy atom. The number of rotatable bonds is 0. The lowest BCUT2D eigenvalue weighted by atomic mass is 10.2. The van der Waals surface area contributed by atoms with Crippen LogP contribution in [0.2, 0.25) is 0 Å². The molecule has 0 bridgehead atoms. The molecule has 1 fully saturated rings. The van der Waals surface area contributed by atoms with E-state index in [1.807, 2.05) is 0 Å². The monoisotopic (exact) mass is 178 g/mol. The van der Waals surface area contributed by atoms with Crippen LogP contribution in [-0.2, 0) is 0 Å². The zero-order valence-electron chi connectivity index (χ0n) is 6.98. The van der Waals surface area contributed by atoms with E-state index >= 15 is 0 Å². The van der Waals surface area contributed by atoms with Gasteiger partial charge in [-0.25, -0.2) is 8.78 Å². The Morgan fingerprint density at radius 2 is 1.69 bits per heavy atom. The molecule has 66 valence electrons. The second kappa shape index (κ2) is 3.18. The normalized spacial score (nSPS) is 14.9. The second-order valence-electron chi connectivity index (χ2n) is 3.20. The quantitative estimate of drug-likeness (QED) is 0.536. The van der Waals surface area contributed by atoms with Crippen molar-refractivity contribution < 1.29 is 8.78 Å². The molecule has 0 radical (unpaired) electrons. The van der Waals surface area contributed by atoms with E-state index in [0.29, 0.717) is 11.5 Å². The van der Waals surface area contributed by atoms with Crippen molar-refractivity contribution in [3.63, 3.8) is 0 Å². The van der Waals surface area contributed by atoms with Crippen molar-refractivity contribution in [3.8, 4) is 11.8 Å².